The molecule has 29 heavy (non-hydrogen) atoms. The van der Waals surface area contributed by atoms with E-state index in [-0.39, 0.29) is 24.5 Å². The number of hydrogen-bond donors (Lipinski definition) is 0. The van der Waals surface area contributed by atoms with E-state index in [2.05, 4.69) is 69.7 Å². The lowest BCUT2D eigenvalue weighted by Crippen LogP contribution is -3.00. The van der Waals surface area contributed by atoms with Crippen LogP contribution in [0.3, 0.4) is 0 Å². The first kappa shape index (κ1) is 20.1. The molecule has 0 saturated heterocycles. The van der Waals surface area contributed by atoms with Crippen molar-refractivity contribution in [1.29, 1.82) is 0 Å². The van der Waals surface area contributed by atoms with Crippen LogP contribution >= 0.6 is 0 Å². The van der Waals surface area contributed by atoms with E-state index in [4.69, 9.17) is 0 Å². The van der Waals surface area contributed by atoms with Gasteiger partial charge in [0.2, 0.25) is 0 Å². The van der Waals surface area contributed by atoms with Gasteiger partial charge in [-0.15, -0.1) is 0 Å². The van der Waals surface area contributed by atoms with E-state index < -0.39 is 0 Å². The molecule has 3 aromatic heterocycles. The Labute approximate surface area is 178 Å². The lowest BCUT2D eigenvalue weighted by molar-refractivity contribution is -0.00000584. The van der Waals surface area contributed by atoms with Crippen molar-refractivity contribution >= 4 is 0 Å². The van der Waals surface area contributed by atoms with Crippen LogP contribution in [-0.2, 0) is 19.9 Å². The number of likely N-dealkylation sites (N-methyl/N-ethyl adjacent to an activating group) is 2. The number of pyridine rings is 2. The molecule has 2 aliphatic rings. The maximum absolute atomic E-state index is 4.42. The van der Waals surface area contributed by atoms with Crippen molar-refractivity contribution in [1.82, 2.24) is 24.3 Å². The summed E-state index contributed by atoms with van der Waals surface area (Å²) in [6.07, 6.45) is 9.97. The second-order valence-electron chi connectivity index (χ2n) is 8.12. The second kappa shape index (κ2) is 7.90. The summed E-state index contributed by atoms with van der Waals surface area (Å²) >= 11 is 0. The summed E-state index contributed by atoms with van der Waals surface area (Å²) in [6, 6.07) is 9.04. The molecule has 0 unspecified atom stereocenters. The summed E-state index contributed by atoms with van der Waals surface area (Å²) in [5, 5.41) is 0. The fraction of sp³-hybridized carbons (Fsp3) is 0.391. The molecule has 0 spiro atoms. The molecule has 5 heterocycles. The first-order valence-corrected chi connectivity index (χ1v) is 10.1. The maximum atomic E-state index is 4.42. The van der Waals surface area contributed by atoms with Crippen molar-refractivity contribution in [3.05, 3.63) is 82.7 Å². The Kier molecular flexibility index (Phi) is 5.47. The number of hydrogen-bond acceptors (Lipinski definition) is 4. The Hall–Kier alpha value is -2.21. The van der Waals surface area contributed by atoms with Crippen LogP contribution < -0.4 is 12.4 Å². The van der Waals surface area contributed by atoms with Gasteiger partial charge in [-0.1, -0.05) is 12.1 Å². The van der Waals surface area contributed by atoms with Gasteiger partial charge in [-0.2, -0.15) is 0 Å². The minimum Gasteiger partial charge on any atom is -1.00 e. The van der Waals surface area contributed by atoms with E-state index in [1.54, 1.807) is 0 Å². The van der Waals surface area contributed by atoms with Crippen LogP contribution in [0.15, 0.2) is 49.1 Å². The van der Waals surface area contributed by atoms with Gasteiger partial charge in [0.15, 0.2) is 0 Å². The van der Waals surface area contributed by atoms with E-state index in [0.717, 1.165) is 25.9 Å². The standard InChI is InChI=1S/C23H27N5.ClH/c1-26-12-8-18-20(22(26)16-6-4-10-24-14-16)21-19(28(18)3)9-13-27(2)23(21)17-7-5-11-25-15-17;/h4-7,10-11,14-15,22-23H,8-9,12-13H2,1-3H3;1H/p-1/t22-,23-;/m1./s1. The zero-order valence-electron chi connectivity index (χ0n) is 17.2. The number of nitrogens with zero attached hydrogens (tertiary/aromatic N) is 5. The zero-order chi connectivity index (χ0) is 19.3. The van der Waals surface area contributed by atoms with Gasteiger partial charge in [0, 0.05) is 80.3 Å². The topological polar surface area (TPSA) is 37.2 Å². The predicted octanol–water partition coefficient (Wildman–Crippen LogP) is -0.0263. The molecular weight excluding hydrogens is 382 g/mol. The largest absolute Gasteiger partial charge is 1.00 e. The summed E-state index contributed by atoms with van der Waals surface area (Å²) in [7, 11) is 6.74. The van der Waals surface area contributed by atoms with Crippen LogP contribution in [0.1, 0.15) is 45.7 Å². The highest BCUT2D eigenvalue weighted by molar-refractivity contribution is 5.51. The molecule has 0 saturated carbocycles. The van der Waals surface area contributed by atoms with Gasteiger partial charge < -0.3 is 17.0 Å². The molecule has 0 bridgehead atoms. The summed E-state index contributed by atoms with van der Waals surface area (Å²) in [6.45, 7) is 2.13. The van der Waals surface area contributed by atoms with Crippen LogP contribution in [0, 0.1) is 0 Å². The number of rotatable bonds is 2. The number of aromatic nitrogens is 3. The molecule has 0 aliphatic carbocycles. The third kappa shape index (κ3) is 3.18. The molecule has 2 atom stereocenters. The third-order valence-electron chi connectivity index (χ3n) is 6.55. The average Bonchev–Trinajstić information content (AvgIpc) is 3.01. The molecule has 6 heteroatoms. The average molecular weight is 409 g/mol. The summed E-state index contributed by atoms with van der Waals surface area (Å²) in [4.78, 5) is 13.8. The SMILES string of the molecule is CN1CCc2c(c3c(n2C)CCN(C)[C@@H]3c2cccnc2)[C@H]1c1cccnc1.[Cl-]. The van der Waals surface area contributed by atoms with Crippen molar-refractivity contribution in [2.45, 2.75) is 24.9 Å². The minimum absolute atomic E-state index is 0. The van der Waals surface area contributed by atoms with Crippen molar-refractivity contribution in [3.63, 3.8) is 0 Å². The lowest BCUT2D eigenvalue weighted by Gasteiger charge is -2.38. The zero-order valence-corrected chi connectivity index (χ0v) is 18.0. The molecule has 5 nitrogen and oxygen atoms in total. The lowest BCUT2D eigenvalue weighted by atomic mass is 9.84. The van der Waals surface area contributed by atoms with Crippen LogP contribution in [0.4, 0.5) is 0 Å². The fourth-order valence-electron chi connectivity index (χ4n) is 5.23. The molecular formula is C23H27ClN5-. The Morgan fingerprint density at radius 1 is 0.759 bits per heavy atom. The molecule has 152 valence electrons. The number of fused-ring (bicyclic) bond motifs is 3. The quantitative estimate of drug-likeness (QED) is 0.597. The highest BCUT2D eigenvalue weighted by Crippen LogP contribution is 2.46. The smallest absolute Gasteiger partial charge is 0.0636 e. The van der Waals surface area contributed by atoms with Crippen LogP contribution in [-0.4, -0.2) is 51.5 Å². The van der Waals surface area contributed by atoms with Gasteiger partial charge >= 0.3 is 0 Å². The summed E-state index contributed by atoms with van der Waals surface area (Å²) in [5.74, 6) is 0. The van der Waals surface area contributed by atoms with Crippen LogP contribution in [0.5, 0.6) is 0 Å². The molecule has 2 aliphatic heterocycles. The van der Waals surface area contributed by atoms with Gasteiger partial charge in [-0.3, -0.25) is 19.8 Å². The molecule has 0 fully saturated rings. The highest BCUT2D eigenvalue weighted by atomic mass is 35.5. The van der Waals surface area contributed by atoms with Crippen LogP contribution in [0.2, 0.25) is 0 Å². The molecule has 0 N–H and O–H groups in total. The van der Waals surface area contributed by atoms with Gasteiger partial charge in [0.25, 0.3) is 0 Å². The van der Waals surface area contributed by atoms with Crippen molar-refractivity contribution < 1.29 is 12.4 Å². The first-order valence-electron chi connectivity index (χ1n) is 10.1. The van der Waals surface area contributed by atoms with Crippen molar-refractivity contribution in [2.24, 2.45) is 7.05 Å². The van der Waals surface area contributed by atoms with E-state index in [1.807, 2.05) is 24.8 Å². The highest BCUT2D eigenvalue weighted by Gasteiger charge is 2.39. The van der Waals surface area contributed by atoms with E-state index in [0.29, 0.717) is 0 Å². The molecule has 0 amide bonds. The van der Waals surface area contributed by atoms with Crippen LogP contribution in [0.25, 0.3) is 0 Å². The predicted molar refractivity (Wildman–Crippen MR) is 110 cm³/mol. The molecule has 3 aromatic rings. The summed E-state index contributed by atoms with van der Waals surface area (Å²) < 4.78 is 2.48. The van der Waals surface area contributed by atoms with Gasteiger partial charge in [0.05, 0.1) is 12.1 Å². The fourth-order valence-corrected chi connectivity index (χ4v) is 5.23. The molecule has 0 radical (unpaired) electrons. The molecule has 5 rings (SSSR count). The minimum atomic E-state index is 0. The third-order valence-corrected chi connectivity index (χ3v) is 6.55. The Morgan fingerprint density at radius 3 is 1.59 bits per heavy atom. The van der Waals surface area contributed by atoms with Gasteiger partial charge in [-0.05, 0) is 37.4 Å². The Bertz CT molecular complexity index is 907. The second-order valence-corrected chi connectivity index (χ2v) is 8.12. The number of halogens is 1. The van der Waals surface area contributed by atoms with Crippen molar-refractivity contribution in [2.75, 3.05) is 27.2 Å². The summed E-state index contributed by atoms with van der Waals surface area (Å²) in [5.41, 5.74) is 8.50. The van der Waals surface area contributed by atoms with Gasteiger partial charge in [-0.25, -0.2) is 0 Å². The Morgan fingerprint density at radius 2 is 1.21 bits per heavy atom. The maximum Gasteiger partial charge on any atom is 0.0636 e. The van der Waals surface area contributed by atoms with E-state index >= 15 is 0 Å². The first-order chi connectivity index (χ1) is 13.7. The molecule has 0 aromatic carbocycles. The monoisotopic (exact) mass is 408 g/mol. The van der Waals surface area contributed by atoms with E-state index in [9.17, 15) is 0 Å². The normalized spacial score (nSPS) is 21.9. The van der Waals surface area contributed by atoms with Crippen molar-refractivity contribution in [3.8, 4) is 0 Å². The van der Waals surface area contributed by atoms with E-state index in [1.165, 1.54) is 33.6 Å². The Balaban J connectivity index is 0.00000205. The van der Waals surface area contributed by atoms with Gasteiger partial charge in [0.1, 0.15) is 0 Å².